The highest BCUT2D eigenvalue weighted by molar-refractivity contribution is 9.10. The molecule has 2 heterocycles. The summed E-state index contributed by atoms with van der Waals surface area (Å²) < 4.78 is 17.1. The van der Waals surface area contributed by atoms with Crippen LogP contribution in [0.15, 0.2) is 56.6 Å². The molecule has 0 bridgehead atoms. The van der Waals surface area contributed by atoms with E-state index in [-0.39, 0.29) is 35.1 Å². The molecule has 0 fully saturated rings. The van der Waals surface area contributed by atoms with Crippen LogP contribution in [0.25, 0.3) is 0 Å². The average Bonchev–Trinajstić information content (AvgIpc) is 2.81. The van der Waals surface area contributed by atoms with E-state index in [1.165, 1.54) is 11.8 Å². The maximum atomic E-state index is 13.2. The third kappa shape index (κ3) is 5.45. The number of nitrogens with zero attached hydrogens (tertiary/aromatic N) is 3. The number of nitriles is 2. The molecule has 1 atom stereocenters. The summed E-state index contributed by atoms with van der Waals surface area (Å²) in [6.45, 7) is 5.52. The van der Waals surface area contributed by atoms with Crippen LogP contribution in [0, 0.1) is 36.5 Å². The zero-order chi connectivity index (χ0) is 25.7. The number of allylic oxidation sites excluding steroid dienone is 1. The maximum absolute atomic E-state index is 13.2. The first kappa shape index (κ1) is 26.1. The molecule has 1 aliphatic rings. The number of nitrogens with two attached hydrogens (primary N) is 1. The van der Waals surface area contributed by atoms with E-state index in [9.17, 15) is 15.3 Å². The summed E-state index contributed by atoms with van der Waals surface area (Å²) in [6, 6.07) is 11.4. The lowest BCUT2D eigenvalue weighted by atomic mass is 9.83. The van der Waals surface area contributed by atoms with Crippen LogP contribution in [0.4, 0.5) is 0 Å². The molecule has 0 amide bonds. The number of hydrogen-bond donors (Lipinski definition) is 1. The number of hydrogen-bond acceptors (Lipinski definition) is 9. The number of esters is 1. The number of methoxy groups -OCH3 is 1. The molecule has 10 heteroatoms. The van der Waals surface area contributed by atoms with Crippen molar-refractivity contribution in [3.8, 4) is 17.9 Å². The Hall–Kier alpha value is -3.47. The summed E-state index contributed by atoms with van der Waals surface area (Å²) in [5.41, 5.74) is 9.07. The molecule has 0 saturated carbocycles. The van der Waals surface area contributed by atoms with Gasteiger partial charge in [0.25, 0.3) is 0 Å². The molecule has 35 heavy (non-hydrogen) atoms. The van der Waals surface area contributed by atoms with Crippen LogP contribution in [0.5, 0.6) is 5.75 Å². The van der Waals surface area contributed by atoms with E-state index in [0.29, 0.717) is 26.4 Å². The van der Waals surface area contributed by atoms with Gasteiger partial charge in [0, 0.05) is 5.69 Å². The topological polar surface area (TPSA) is 131 Å². The molecular weight excluding hydrogens is 532 g/mol. The van der Waals surface area contributed by atoms with Crippen molar-refractivity contribution in [1.29, 1.82) is 10.5 Å². The number of ether oxygens (including phenoxy) is 3. The second kappa shape index (κ2) is 11.3. The number of benzene rings is 1. The summed E-state index contributed by atoms with van der Waals surface area (Å²) in [7, 11) is 1.54. The van der Waals surface area contributed by atoms with E-state index < -0.39 is 11.9 Å². The molecule has 0 spiro atoms. The molecule has 1 aliphatic heterocycles. The monoisotopic (exact) mass is 554 g/mol. The van der Waals surface area contributed by atoms with Crippen molar-refractivity contribution >= 4 is 33.7 Å². The number of aromatic nitrogens is 1. The van der Waals surface area contributed by atoms with Gasteiger partial charge in [-0.05, 0) is 66.0 Å². The van der Waals surface area contributed by atoms with E-state index in [1.54, 1.807) is 32.2 Å². The number of pyridine rings is 1. The summed E-state index contributed by atoms with van der Waals surface area (Å²) in [4.78, 5) is 17.6. The summed E-state index contributed by atoms with van der Waals surface area (Å²) in [5, 5.41) is 20.0. The molecule has 0 saturated heterocycles. The minimum Gasteiger partial charge on any atom is -0.496 e. The van der Waals surface area contributed by atoms with Gasteiger partial charge in [0.2, 0.25) is 5.88 Å². The standard InChI is InChI=1S/C25H23BrN4O4S/c1-5-33-25(31)22-20(12-35-24-16(10-27)13(2)8-14(3)30-24)34-23(29)17(11-28)21(22)15-6-7-19(32-4)18(26)9-15/h6-9,21H,5,12,29H2,1-4H3. The largest absolute Gasteiger partial charge is 0.496 e. The molecule has 0 radical (unpaired) electrons. The summed E-state index contributed by atoms with van der Waals surface area (Å²) >= 11 is 4.71. The lowest BCUT2D eigenvalue weighted by Gasteiger charge is -2.28. The van der Waals surface area contributed by atoms with E-state index in [2.05, 4.69) is 33.1 Å². The second-order valence-electron chi connectivity index (χ2n) is 7.54. The smallest absolute Gasteiger partial charge is 0.338 e. The fourth-order valence-corrected chi connectivity index (χ4v) is 5.33. The lowest BCUT2D eigenvalue weighted by molar-refractivity contribution is -0.139. The molecule has 3 rings (SSSR count). The number of carbonyl (C=O) groups excluding carboxylic acids is 1. The normalized spacial score (nSPS) is 15.2. The minimum absolute atomic E-state index is 0.0954. The Morgan fingerprint density at radius 3 is 2.63 bits per heavy atom. The first-order valence-corrected chi connectivity index (χ1v) is 12.4. The van der Waals surface area contributed by atoms with Gasteiger partial charge in [0.15, 0.2) is 0 Å². The van der Waals surface area contributed by atoms with Gasteiger partial charge in [0.05, 0.1) is 41.0 Å². The number of rotatable bonds is 7. The van der Waals surface area contributed by atoms with Gasteiger partial charge in [-0.15, -0.1) is 0 Å². The zero-order valence-corrected chi connectivity index (χ0v) is 22.0. The maximum Gasteiger partial charge on any atom is 0.338 e. The SMILES string of the molecule is CCOC(=O)C1=C(CSc2nc(C)cc(C)c2C#N)OC(N)=C(C#N)C1c1ccc(OC)c(Br)c1. The highest BCUT2D eigenvalue weighted by atomic mass is 79.9. The number of halogens is 1. The second-order valence-corrected chi connectivity index (χ2v) is 9.36. The van der Waals surface area contributed by atoms with E-state index >= 15 is 0 Å². The number of carbonyl (C=O) groups is 1. The van der Waals surface area contributed by atoms with Gasteiger partial charge in [-0.25, -0.2) is 9.78 Å². The van der Waals surface area contributed by atoms with E-state index in [1.807, 2.05) is 19.9 Å². The molecular formula is C25H23BrN4O4S. The molecule has 0 aliphatic carbocycles. The number of aryl methyl sites for hydroxylation is 2. The Morgan fingerprint density at radius 1 is 1.29 bits per heavy atom. The van der Waals surface area contributed by atoms with Crippen molar-refractivity contribution in [1.82, 2.24) is 4.98 Å². The highest BCUT2D eigenvalue weighted by Gasteiger charge is 2.38. The Bertz CT molecular complexity index is 1320. The molecule has 1 aromatic carbocycles. The van der Waals surface area contributed by atoms with E-state index in [4.69, 9.17) is 19.9 Å². The summed E-state index contributed by atoms with van der Waals surface area (Å²) in [6.07, 6.45) is 0. The fraction of sp³-hybridized carbons (Fsp3) is 0.280. The van der Waals surface area contributed by atoms with Gasteiger partial charge in [-0.2, -0.15) is 10.5 Å². The summed E-state index contributed by atoms with van der Waals surface area (Å²) in [5.74, 6) is -0.541. The van der Waals surface area contributed by atoms with Crippen molar-refractivity contribution in [3.05, 3.63) is 73.9 Å². The van der Waals surface area contributed by atoms with Gasteiger partial charge in [-0.3, -0.25) is 0 Å². The number of thioether (sulfide) groups is 1. The third-order valence-electron chi connectivity index (χ3n) is 5.26. The lowest BCUT2D eigenvalue weighted by Crippen LogP contribution is -2.27. The van der Waals surface area contributed by atoms with Crippen molar-refractivity contribution < 1.29 is 19.0 Å². The average molecular weight is 555 g/mol. The molecule has 180 valence electrons. The Morgan fingerprint density at radius 2 is 2.03 bits per heavy atom. The minimum atomic E-state index is -0.812. The van der Waals surface area contributed by atoms with Gasteiger partial charge >= 0.3 is 5.97 Å². The molecule has 2 aromatic rings. The molecule has 1 aromatic heterocycles. The van der Waals surface area contributed by atoms with Gasteiger partial charge in [0.1, 0.15) is 34.2 Å². The van der Waals surface area contributed by atoms with Crippen LogP contribution in [-0.4, -0.2) is 30.4 Å². The van der Waals surface area contributed by atoms with Crippen LogP contribution in [0.2, 0.25) is 0 Å². The first-order valence-electron chi connectivity index (χ1n) is 10.6. The van der Waals surface area contributed by atoms with Crippen LogP contribution >= 0.6 is 27.7 Å². The Labute approximate surface area is 216 Å². The third-order valence-corrected chi connectivity index (χ3v) is 6.86. The Kier molecular flexibility index (Phi) is 8.44. The van der Waals surface area contributed by atoms with Crippen molar-refractivity contribution in [2.75, 3.05) is 19.5 Å². The van der Waals surface area contributed by atoms with Crippen molar-refractivity contribution in [2.24, 2.45) is 5.73 Å². The molecule has 1 unspecified atom stereocenters. The highest BCUT2D eigenvalue weighted by Crippen LogP contribution is 2.43. The van der Waals surface area contributed by atoms with Gasteiger partial charge < -0.3 is 19.9 Å². The zero-order valence-electron chi connectivity index (χ0n) is 19.6. The quantitative estimate of drug-likeness (QED) is 0.380. The van der Waals surface area contributed by atoms with Crippen LogP contribution < -0.4 is 10.5 Å². The fourth-order valence-electron chi connectivity index (χ4n) is 3.73. The van der Waals surface area contributed by atoms with Crippen LogP contribution in [0.1, 0.15) is 35.2 Å². The Balaban J connectivity index is 2.14. The van der Waals surface area contributed by atoms with Gasteiger partial charge in [-0.1, -0.05) is 17.8 Å². The predicted molar refractivity (Wildman–Crippen MR) is 134 cm³/mol. The first-order chi connectivity index (χ1) is 16.7. The van der Waals surface area contributed by atoms with Crippen molar-refractivity contribution in [2.45, 2.75) is 31.7 Å². The van der Waals surface area contributed by atoms with Crippen molar-refractivity contribution in [3.63, 3.8) is 0 Å². The predicted octanol–water partition coefficient (Wildman–Crippen LogP) is 4.76. The molecule has 2 N–H and O–H groups in total. The van der Waals surface area contributed by atoms with Crippen LogP contribution in [-0.2, 0) is 14.3 Å². The van der Waals surface area contributed by atoms with Crippen LogP contribution in [0.3, 0.4) is 0 Å². The molecule has 8 nitrogen and oxygen atoms in total. The van der Waals surface area contributed by atoms with E-state index in [0.717, 1.165) is 11.3 Å².